The zero-order valence-corrected chi connectivity index (χ0v) is 36.4. The minimum Gasteiger partial charge on any atom is -0.481 e. The molecule has 1 aromatic rings. The summed E-state index contributed by atoms with van der Waals surface area (Å²) < 4.78 is 6.19. The van der Waals surface area contributed by atoms with Crippen LogP contribution in [-0.4, -0.2) is 76.8 Å². The van der Waals surface area contributed by atoms with Crippen molar-refractivity contribution in [1.29, 1.82) is 0 Å². The van der Waals surface area contributed by atoms with Crippen LogP contribution in [0, 0.1) is 56.2 Å². The molecule has 1 amide bonds. The minimum absolute atomic E-state index is 0.0286. The van der Waals surface area contributed by atoms with E-state index in [0.717, 1.165) is 68.9 Å². The number of aliphatic carboxylic acids is 1. The molecule has 5 aliphatic carbocycles. The molecule has 4 saturated carbocycles. The monoisotopic (exact) mass is 774 g/mol. The highest BCUT2D eigenvalue weighted by molar-refractivity contribution is 6.00. The number of carbonyl (C=O) groups is 4. The van der Waals surface area contributed by atoms with Gasteiger partial charge >= 0.3 is 11.9 Å². The van der Waals surface area contributed by atoms with Gasteiger partial charge in [0.05, 0.1) is 18.4 Å². The fraction of sp³-hybridized carbons (Fsp3) is 0.766. The predicted octanol–water partition coefficient (Wildman–Crippen LogP) is 8.76. The summed E-state index contributed by atoms with van der Waals surface area (Å²) in [6, 6.07) is 3.97. The summed E-state index contributed by atoms with van der Waals surface area (Å²) in [7, 11) is 3.87. The zero-order chi connectivity index (χ0) is 41.2. The van der Waals surface area contributed by atoms with Gasteiger partial charge in [0.2, 0.25) is 5.91 Å². The number of fused-ring (bicyclic) bond motifs is 7. The van der Waals surface area contributed by atoms with Crippen LogP contribution < -0.4 is 0 Å². The third-order valence-electron chi connectivity index (χ3n) is 16.7. The highest BCUT2D eigenvalue weighted by atomic mass is 16.5. The van der Waals surface area contributed by atoms with Crippen LogP contribution in [0.3, 0.4) is 0 Å². The standard InChI is InChI=1S/C47H71N3O6/c1-30(2)39-33(51)26-47(22-25-50(37(52)29-49(10)11)28-31-16-23-48-24-17-31)21-20-45(8)32(40(39)47)12-13-35-44(7)18-15-36(56-38(53)27-42(3,4)41(54)55)43(5,6)34(44)14-19-46(35,45)9/h16-17,23-24,30,32,34-36H,12-15,18-22,25-29H2,1-11H3,(H,54,55). The van der Waals surface area contributed by atoms with Gasteiger partial charge in [-0.1, -0.05) is 54.0 Å². The molecule has 0 bridgehead atoms. The van der Waals surface area contributed by atoms with Crippen LogP contribution in [0.1, 0.15) is 139 Å². The lowest BCUT2D eigenvalue weighted by atomic mass is 9.33. The quantitative estimate of drug-likeness (QED) is 0.210. The van der Waals surface area contributed by atoms with Crippen LogP contribution in [0.5, 0.6) is 0 Å². The predicted molar refractivity (Wildman–Crippen MR) is 218 cm³/mol. The summed E-state index contributed by atoms with van der Waals surface area (Å²) in [6.45, 7) is 21.3. The normalized spacial score (nSPS) is 35.1. The third-order valence-corrected chi connectivity index (χ3v) is 16.7. The summed E-state index contributed by atoms with van der Waals surface area (Å²) in [6.07, 6.45) is 12.7. The first-order chi connectivity index (χ1) is 26.0. The molecule has 9 nitrogen and oxygen atoms in total. The Kier molecular flexibility index (Phi) is 11.4. The van der Waals surface area contributed by atoms with Gasteiger partial charge in [0, 0.05) is 42.7 Å². The molecule has 0 saturated heterocycles. The Bertz CT molecular complexity index is 1730. The van der Waals surface area contributed by atoms with E-state index in [0.29, 0.717) is 49.6 Å². The number of pyridine rings is 1. The maximum absolute atomic E-state index is 14.3. The van der Waals surface area contributed by atoms with Crippen LogP contribution in [0.2, 0.25) is 0 Å². The van der Waals surface area contributed by atoms with Gasteiger partial charge in [-0.15, -0.1) is 0 Å². The van der Waals surface area contributed by atoms with Crippen molar-refractivity contribution < 1.29 is 29.0 Å². The van der Waals surface area contributed by atoms with E-state index in [4.69, 9.17) is 4.74 Å². The first kappa shape index (κ1) is 42.5. The number of hydrogen-bond donors (Lipinski definition) is 1. The maximum atomic E-state index is 14.3. The molecule has 1 aromatic heterocycles. The van der Waals surface area contributed by atoms with Crippen LogP contribution in [0.4, 0.5) is 0 Å². The second-order valence-corrected chi connectivity index (χ2v) is 21.3. The molecule has 6 rings (SSSR count). The van der Waals surface area contributed by atoms with Gasteiger partial charge < -0.3 is 19.6 Å². The van der Waals surface area contributed by atoms with Crippen LogP contribution >= 0.6 is 0 Å². The second-order valence-electron chi connectivity index (χ2n) is 21.3. The summed E-state index contributed by atoms with van der Waals surface area (Å²) in [5.41, 5.74) is 2.14. The van der Waals surface area contributed by atoms with Gasteiger partial charge in [-0.3, -0.25) is 24.2 Å². The molecule has 0 spiro atoms. The SMILES string of the molecule is CC(C)C1=C2C3CCC4C5(C)CCC(OC(=O)CC(C)(C)C(=O)O)C(C)(C)C5CCC4(C)C3(C)CCC2(CCN(Cc2ccncc2)C(=O)CN(C)C)CC1=O. The third kappa shape index (κ3) is 7.08. The summed E-state index contributed by atoms with van der Waals surface area (Å²) >= 11 is 0. The minimum atomic E-state index is -1.17. The number of Topliss-reactive ketones (excluding diaryl/α,β-unsaturated/α-hetero) is 1. The van der Waals surface area contributed by atoms with Gasteiger partial charge in [-0.2, -0.15) is 0 Å². The van der Waals surface area contributed by atoms with Crippen molar-refractivity contribution >= 4 is 23.6 Å². The Morgan fingerprint density at radius 1 is 0.929 bits per heavy atom. The number of carbonyl (C=O) groups excluding carboxylic acids is 3. The molecular weight excluding hydrogens is 703 g/mol. The Hall–Kier alpha value is -3.07. The lowest BCUT2D eigenvalue weighted by Crippen LogP contribution is -2.65. The topological polar surface area (TPSA) is 117 Å². The number of rotatable bonds is 12. The number of aromatic nitrogens is 1. The first-order valence-corrected chi connectivity index (χ1v) is 21.5. The van der Waals surface area contributed by atoms with Crippen LogP contribution in [0.15, 0.2) is 35.7 Å². The molecular formula is C47H71N3O6. The lowest BCUT2D eigenvalue weighted by Gasteiger charge is -2.72. The molecule has 5 aliphatic rings. The Morgan fingerprint density at radius 2 is 1.61 bits per heavy atom. The second kappa shape index (κ2) is 14.9. The fourth-order valence-electron chi connectivity index (χ4n) is 13.6. The van der Waals surface area contributed by atoms with Crippen molar-refractivity contribution in [3.8, 4) is 0 Å². The number of amides is 1. The van der Waals surface area contributed by atoms with Crippen LogP contribution in [-0.2, 0) is 30.5 Å². The highest BCUT2D eigenvalue weighted by Crippen LogP contribution is 2.77. The highest BCUT2D eigenvalue weighted by Gasteiger charge is 2.70. The lowest BCUT2D eigenvalue weighted by molar-refractivity contribution is -0.233. The van der Waals surface area contributed by atoms with E-state index in [9.17, 15) is 24.3 Å². The molecule has 310 valence electrons. The number of allylic oxidation sites excluding steroid dienone is 2. The number of likely N-dealkylation sites (N-methyl/N-ethyl adjacent to an activating group) is 1. The molecule has 8 atom stereocenters. The summed E-state index contributed by atoms with van der Waals surface area (Å²) in [5, 5.41) is 9.64. The first-order valence-electron chi connectivity index (χ1n) is 21.5. The molecule has 4 fully saturated rings. The van der Waals surface area contributed by atoms with E-state index in [1.807, 2.05) is 36.0 Å². The van der Waals surface area contributed by atoms with Crippen molar-refractivity contribution in [3.63, 3.8) is 0 Å². The van der Waals surface area contributed by atoms with Crippen molar-refractivity contribution in [2.45, 2.75) is 146 Å². The fourth-order valence-corrected chi connectivity index (χ4v) is 13.6. The van der Waals surface area contributed by atoms with Crippen molar-refractivity contribution in [2.24, 2.45) is 56.2 Å². The zero-order valence-electron chi connectivity index (χ0n) is 36.4. The molecule has 1 heterocycles. The van der Waals surface area contributed by atoms with Gasteiger partial charge in [0.25, 0.3) is 0 Å². The number of carboxylic acids is 1. The average Bonchev–Trinajstić information content (AvgIpc) is 3.40. The van der Waals surface area contributed by atoms with E-state index < -0.39 is 17.4 Å². The molecule has 0 aromatic carbocycles. The molecule has 56 heavy (non-hydrogen) atoms. The smallest absolute Gasteiger partial charge is 0.309 e. The Labute approximate surface area is 336 Å². The molecule has 9 heteroatoms. The molecule has 8 unspecified atom stereocenters. The van der Waals surface area contributed by atoms with E-state index in [1.54, 1.807) is 26.2 Å². The van der Waals surface area contributed by atoms with Gasteiger partial charge in [-0.05, 0) is 149 Å². The molecule has 0 aliphatic heterocycles. The number of hydrogen-bond acceptors (Lipinski definition) is 7. The van der Waals surface area contributed by atoms with Crippen molar-refractivity contribution in [2.75, 3.05) is 27.2 Å². The summed E-state index contributed by atoms with van der Waals surface area (Å²) in [4.78, 5) is 61.0. The summed E-state index contributed by atoms with van der Waals surface area (Å²) in [5.74, 6) is 0.391. The Balaban J connectivity index is 1.28. The largest absolute Gasteiger partial charge is 0.481 e. The molecule has 1 N–H and O–H groups in total. The number of esters is 1. The Morgan fingerprint density at radius 3 is 2.23 bits per heavy atom. The van der Waals surface area contributed by atoms with Gasteiger partial charge in [0.1, 0.15) is 6.10 Å². The van der Waals surface area contributed by atoms with Crippen molar-refractivity contribution in [3.05, 3.63) is 41.2 Å². The molecule has 0 radical (unpaired) electrons. The van der Waals surface area contributed by atoms with E-state index >= 15 is 0 Å². The number of nitrogens with zero attached hydrogens (tertiary/aromatic N) is 3. The van der Waals surface area contributed by atoms with Gasteiger partial charge in [-0.25, -0.2) is 0 Å². The van der Waals surface area contributed by atoms with Crippen molar-refractivity contribution in [1.82, 2.24) is 14.8 Å². The maximum Gasteiger partial charge on any atom is 0.309 e. The average molecular weight is 774 g/mol. The van der Waals surface area contributed by atoms with E-state index in [-0.39, 0.29) is 51.4 Å². The van der Waals surface area contributed by atoms with E-state index in [2.05, 4.69) is 53.5 Å². The number of carboxylic acid groups (broad SMARTS) is 1. The van der Waals surface area contributed by atoms with E-state index in [1.165, 1.54) is 5.57 Å². The number of ketones is 1. The van der Waals surface area contributed by atoms with Gasteiger partial charge in [0.15, 0.2) is 5.78 Å². The number of ether oxygens (including phenoxy) is 1. The van der Waals surface area contributed by atoms with Crippen LogP contribution in [0.25, 0.3) is 0 Å².